The van der Waals surface area contributed by atoms with Crippen LogP contribution >= 0.6 is 0 Å². The molecular formula is C14H21FN2O. The second kappa shape index (κ2) is 6.16. The first-order valence-corrected chi connectivity index (χ1v) is 6.55. The van der Waals surface area contributed by atoms with Gasteiger partial charge in [-0.3, -0.25) is 0 Å². The Labute approximate surface area is 108 Å². The van der Waals surface area contributed by atoms with Crippen LogP contribution in [0.25, 0.3) is 0 Å². The highest BCUT2D eigenvalue weighted by atomic mass is 19.1. The Kier molecular flexibility index (Phi) is 4.55. The fraction of sp³-hybridized carbons (Fsp3) is 0.571. The van der Waals surface area contributed by atoms with E-state index >= 15 is 0 Å². The number of ether oxygens (including phenoxy) is 1. The third kappa shape index (κ3) is 3.21. The van der Waals surface area contributed by atoms with Crippen molar-refractivity contribution in [2.24, 2.45) is 0 Å². The van der Waals surface area contributed by atoms with Crippen LogP contribution in [-0.2, 0) is 0 Å². The zero-order valence-electron chi connectivity index (χ0n) is 11.1. The molecule has 1 N–H and O–H groups in total. The minimum absolute atomic E-state index is 0.114. The zero-order chi connectivity index (χ0) is 13.0. The fourth-order valence-corrected chi connectivity index (χ4v) is 2.32. The number of benzene rings is 1. The first-order chi connectivity index (χ1) is 8.70. The molecule has 0 aliphatic carbocycles. The quantitative estimate of drug-likeness (QED) is 0.891. The first kappa shape index (κ1) is 13.3. The monoisotopic (exact) mass is 252 g/mol. The molecule has 0 amide bonds. The number of nitrogens with one attached hydrogen (secondary N) is 1. The van der Waals surface area contributed by atoms with Gasteiger partial charge in [-0.1, -0.05) is 12.5 Å². The molecule has 1 heterocycles. The average Bonchev–Trinajstić information content (AvgIpc) is 2.39. The SMILES string of the molecule is COc1ccc(C(C)NN2CCCCC2)cc1F. The van der Waals surface area contributed by atoms with Crippen LogP contribution in [0.3, 0.4) is 0 Å². The molecule has 1 saturated heterocycles. The van der Waals surface area contributed by atoms with Gasteiger partial charge in [-0.2, -0.15) is 0 Å². The van der Waals surface area contributed by atoms with Crippen molar-refractivity contribution in [1.29, 1.82) is 0 Å². The van der Waals surface area contributed by atoms with Crippen LogP contribution in [0.15, 0.2) is 18.2 Å². The number of rotatable bonds is 4. The molecule has 1 aromatic rings. The van der Waals surface area contributed by atoms with E-state index in [-0.39, 0.29) is 11.9 Å². The highest BCUT2D eigenvalue weighted by molar-refractivity contribution is 5.30. The summed E-state index contributed by atoms with van der Waals surface area (Å²) >= 11 is 0. The molecule has 1 aliphatic heterocycles. The summed E-state index contributed by atoms with van der Waals surface area (Å²) < 4.78 is 18.5. The van der Waals surface area contributed by atoms with Crippen LogP contribution in [0.4, 0.5) is 4.39 Å². The molecule has 18 heavy (non-hydrogen) atoms. The molecule has 1 aliphatic rings. The summed E-state index contributed by atoms with van der Waals surface area (Å²) in [6.07, 6.45) is 3.77. The highest BCUT2D eigenvalue weighted by Gasteiger charge is 2.15. The summed E-state index contributed by atoms with van der Waals surface area (Å²) in [6.45, 7) is 4.20. The molecule has 0 bridgehead atoms. The zero-order valence-corrected chi connectivity index (χ0v) is 11.1. The lowest BCUT2D eigenvalue weighted by Gasteiger charge is -2.30. The van der Waals surface area contributed by atoms with Crippen molar-refractivity contribution in [2.75, 3.05) is 20.2 Å². The van der Waals surface area contributed by atoms with Crippen molar-refractivity contribution in [1.82, 2.24) is 10.4 Å². The Morgan fingerprint density at radius 2 is 2.00 bits per heavy atom. The molecule has 4 heteroatoms. The van der Waals surface area contributed by atoms with Crippen molar-refractivity contribution in [3.63, 3.8) is 0 Å². The topological polar surface area (TPSA) is 24.5 Å². The van der Waals surface area contributed by atoms with E-state index in [1.165, 1.54) is 26.4 Å². The minimum Gasteiger partial charge on any atom is -0.494 e. The van der Waals surface area contributed by atoms with Gasteiger partial charge in [-0.15, -0.1) is 0 Å². The molecule has 2 rings (SSSR count). The highest BCUT2D eigenvalue weighted by Crippen LogP contribution is 2.22. The van der Waals surface area contributed by atoms with Gasteiger partial charge in [-0.25, -0.2) is 14.8 Å². The van der Waals surface area contributed by atoms with E-state index in [0.29, 0.717) is 5.75 Å². The van der Waals surface area contributed by atoms with E-state index < -0.39 is 0 Å². The van der Waals surface area contributed by atoms with Crippen LogP contribution in [0.1, 0.15) is 37.8 Å². The number of hydrazine groups is 1. The molecule has 3 nitrogen and oxygen atoms in total. The van der Waals surface area contributed by atoms with E-state index in [0.717, 1.165) is 18.7 Å². The van der Waals surface area contributed by atoms with Crippen LogP contribution in [0.5, 0.6) is 5.75 Å². The van der Waals surface area contributed by atoms with Crippen LogP contribution < -0.4 is 10.2 Å². The lowest BCUT2D eigenvalue weighted by molar-refractivity contribution is 0.133. The van der Waals surface area contributed by atoms with Gasteiger partial charge in [0.2, 0.25) is 0 Å². The number of methoxy groups -OCH3 is 1. The van der Waals surface area contributed by atoms with Gasteiger partial charge in [-0.05, 0) is 37.5 Å². The van der Waals surface area contributed by atoms with Crippen molar-refractivity contribution in [2.45, 2.75) is 32.2 Å². The lowest BCUT2D eigenvalue weighted by atomic mass is 10.1. The van der Waals surface area contributed by atoms with Crippen molar-refractivity contribution >= 4 is 0 Å². The Morgan fingerprint density at radius 1 is 1.28 bits per heavy atom. The smallest absolute Gasteiger partial charge is 0.165 e. The number of piperidine rings is 1. The third-order valence-electron chi connectivity index (χ3n) is 3.41. The first-order valence-electron chi connectivity index (χ1n) is 6.55. The van der Waals surface area contributed by atoms with Gasteiger partial charge < -0.3 is 4.74 Å². The van der Waals surface area contributed by atoms with E-state index in [1.807, 2.05) is 6.07 Å². The molecular weight excluding hydrogens is 231 g/mol. The van der Waals surface area contributed by atoms with E-state index in [2.05, 4.69) is 17.4 Å². The van der Waals surface area contributed by atoms with E-state index in [1.54, 1.807) is 12.1 Å². The minimum atomic E-state index is -0.303. The maximum absolute atomic E-state index is 13.6. The third-order valence-corrected chi connectivity index (χ3v) is 3.41. The second-order valence-electron chi connectivity index (χ2n) is 4.79. The normalized spacial score (nSPS) is 18.6. The molecule has 1 aromatic carbocycles. The molecule has 100 valence electrons. The summed E-state index contributed by atoms with van der Waals surface area (Å²) in [7, 11) is 1.48. The lowest BCUT2D eigenvalue weighted by Crippen LogP contribution is -2.42. The van der Waals surface area contributed by atoms with Crippen molar-refractivity contribution < 1.29 is 9.13 Å². The van der Waals surface area contributed by atoms with Crippen LogP contribution in [0, 0.1) is 5.82 Å². The fourth-order valence-electron chi connectivity index (χ4n) is 2.32. The summed E-state index contributed by atoms with van der Waals surface area (Å²) in [5, 5.41) is 2.23. The summed E-state index contributed by atoms with van der Waals surface area (Å²) in [5.74, 6) is -0.00813. The Balaban J connectivity index is 1.99. The van der Waals surface area contributed by atoms with Gasteiger partial charge in [0, 0.05) is 19.1 Å². The molecule has 1 unspecified atom stereocenters. The number of halogens is 1. The maximum Gasteiger partial charge on any atom is 0.165 e. The largest absolute Gasteiger partial charge is 0.494 e. The van der Waals surface area contributed by atoms with Crippen LogP contribution in [0.2, 0.25) is 0 Å². The number of nitrogens with zero attached hydrogens (tertiary/aromatic N) is 1. The molecule has 1 atom stereocenters. The molecule has 0 saturated carbocycles. The predicted molar refractivity (Wildman–Crippen MR) is 69.9 cm³/mol. The maximum atomic E-state index is 13.6. The van der Waals surface area contributed by atoms with Gasteiger partial charge >= 0.3 is 0 Å². The Bertz CT molecular complexity index is 391. The standard InChI is InChI=1S/C14H21FN2O/c1-11(16-17-8-4-3-5-9-17)12-6-7-14(18-2)13(15)10-12/h6-7,10-11,16H,3-5,8-9H2,1-2H3. The molecule has 1 fully saturated rings. The predicted octanol–water partition coefficient (Wildman–Crippen LogP) is 2.89. The summed E-state index contributed by atoms with van der Waals surface area (Å²) in [6, 6.07) is 5.24. The van der Waals surface area contributed by atoms with Gasteiger partial charge in [0.1, 0.15) is 0 Å². The molecule has 0 spiro atoms. The summed E-state index contributed by atoms with van der Waals surface area (Å²) in [5.41, 5.74) is 4.37. The van der Waals surface area contributed by atoms with Gasteiger partial charge in [0.15, 0.2) is 11.6 Å². The molecule has 0 radical (unpaired) electrons. The Morgan fingerprint density at radius 3 is 2.61 bits per heavy atom. The van der Waals surface area contributed by atoms with Crippen molar-refractivity contribution in [3.05, 3.63) is 29.6 Å². The number of hydrogen-bond acceptors (Lipinski definition) is 3. The number of hydrogen-bond donors (Lipinski definition) is 1. The average molecular weight is 252 g/mol. The van der Waals surface area contributed by atoms with E-state index in [4.69, 9.17) is 4.74 Å². The second-order valence-corrected chi connectivity index (χ2v) is 4.79. The Hall–Kier alpha value is -1.13. The van der Waals surface area contributed by atoms with E-state index in [9.17, 15) is 4.39 Å². The van der Waals surface area contributed by atoms with Gasteiger partial charge in [0.05, 0.1) is 7.11 Å². The van der Waals surface area contributed by atoms with Crippen molar-refractivity contribution in [3.8, 4) is 5.75 Å². The van der Waals surface area contributed by atoms with Crippen LogP contribution in [-0.4, -0.2) is 25.2 Å². The molecule has 0 aromatic heterocycles. The van der Waals surface area contributed by atoms with Gasteiger partial charge in [0.25, 0.3) is 0 Å². The summed E-state index contributed by atoms with van der Waals surface area (Å²) in [4.78, 5) is 0.